The van der Waals surface area contributed by atoms with Crippen LogP contribution in [-0.2, 0) is 11.3 Å². The summed E-state index contributed by atoms with van der Waals surface area (Å²) < 4.78 is 11.0. The van der Waals surface area contributed by atoms with Crippen LogP contribution in [0.25, 0.3) is 0 Å². The van der Waals surface area contributed by atoms with Crippen molar-refractivity contribution in [2.45, 2.75) is 24.3 Å². The van der Waals surface area contributed by atoms with Crippen LogP contribution in [0.3, 0.4) is 0 Å². The first-order chi connectivity index (χ1) is 13.4. The molecule has 7 nitrogen and oxygen atoms in total. The molecule has 2 amide bonds. The predicted molar refractivity (Wildman–Crippen MR) is 109 cm³/mol. The molecule has 2 N–H and O–H groups in total. The summed E-state index contributed by atoms with van der Waals surface area (Å²) in [5, 5.41) is 5.50. The van der Waals surface area contributed by atoms with Gasteiger partial charge in [-0.15, -0.1) is 11.6 Å². The number of amides is 2. The first-order valence-corrected chi connectivity index (χ1v) is 9.69. The van der Waals surface area contributed by atoms with Crippen LogP contribution >= 0.6 is 27.5 Å². The third-order valence-corrected chi connectivity index (χ3v) is 5.35. The standard InChI is InChI=1S/C19H19BrClN3O4/c1-27-12-4-3-11(14(9-12)28-2)10-22-17(25)16-13(5-6-15(20)24-16)23-18(26)19(21)7-8-19/h3-6,9H,7-8,10H2,1-2H3,(H,22,25)(H,23,26). The van der Waals surface area contributed by atoms with E-state index in [1.807, 2.05) is 0 Å². The van der Waals surface area contributed by atoms with Gasteiger partial charge in [0.1, 0.15) is 21.0 Å². The number of nitrogens with zero attached hydrogens (tertiary/aromatic N) is 1. The number of halogens is 2. The molecular weight excluding hydrogens is 450 g/mol. The maximum atomic E-state index is 12.7. The smallest absolute Gasteiger partial charge is 0.272 e. The molecule has 0 saturated heterocycles. The molecular formula is C19H19BrClN3O4. The van der Waals surface area contributed by atoms with Gasteiger partial charge in [-0.25, -0.2) is 4.98 Å². The maximum absolute atomic E-state index is 12.7. The first kappa shape index (κ1) is 20.4. The van der Waals surface area contributed by atoms with E-state index in [4.69, 9.17) is 21.1 Å². The van der Waals surface area contributed by atoms with Gasteiger partial charge in [0.15, 0.2) is 5.69 Å². The summed E-state index contributed by atoms with van der Waals surface area (Å²) >= 11 is 9.39. The van der Waals surface area contributed by atoms with Gasteiger partial charge in [0, 0.05) is 18.2 Å². The fourth-order valence-corrected chi connectivity index (χ4v) is 2.99. The molecule has 0 radical (unpaired) electrons. The van der Waals surface area contributed by atoms with Gasteiger partial charge in [0.05, 0.1) is 19.9 Å². The number of carbonyl (C=O) groups is 2. The molecule has 1 aromatic heterocycles. The van der Waals surface area contributed by atoms with Crippen molar-refractivity contribution in [1.29, 1.82) is 0 Å². The molecule has 0 atom stereocenters. The molecule has 148 valence electrons. The number of pyridine rings is 1. The van der Waals surface area contributed by atoms with Crippen LogP contribution in [-0.4, -0.2) is 35.9 Å². The lowest BCUT2D eigenvalue weighted by atomic mass is 10.2. The molecule has 1 heterocycles. The Morgan fingerprint density at radius 3 is 2.61 bits per heavy atom. The van der Waals surface area contributed by atoms with E-state index in [1.165, 1.54) is 0 Å². The Kier molecular flexibility index (Phi) is 6.10. The Balaban J connectivity index is 1.75. The average molecular weight is 469 g/mol. The minimum absolute atomic E-state index is 0.0936. The van der Waals surface area contributed by atoms with Crippen molar-refractivity contribution in [2.24, 2.45) is 0 Å². The van der Waals surface area contributed by atoms with Crippen LogP contribution in [0.4, 0.5) is 5.69 Å². The second-order valence-corrected chi connectivity index (χ2v) is 7.85. The first-order valence-electron chi connectivity index (χ1n) is 8.52. The van der Waals surface area contributed by atoms with Gasteiger partial charge in [-0.05, 0) is 53.0 Å². The number of nitrogens with one attached hydrogen (secondary N) is 2. The Labute approximate surface area is 175 Å². The van der Waals surface area contributed by atoms with Gasteiger partial charge < -0.3 is 20.1 Å². The zero-order valence-corrected chi connectivity index (χ0v) is 17.7. The molecule has 0 aliphatic heterocycles. The van der Waals surface area contributed by atoms with Crippen LogP contribution in [0, 0.1) is 0 Å². The summed E-state index contributed by atoms with van der Waals surface area (Å²) in [5.74, 6) is 0.479. The molecule has 1 aliphatic rings. The van der Waals surface area contributed by atoms with E-state index in [1.54, 1.807) is 44.6 Å². The third-order valence-electron chi connectivity index (χ3n) is 4.35. The van der Waals surface area contributed by atoms with Crippen LogP contribution < -0.4 is 20.1 Å². The maximum Gasteiger partial charge on any atom is 0.272 e. The van der Waals surface area contributed by atoms with Gasteiger partial charge in [-0.3, -0.25) is 9.59 Å². The summed E-state index contributed by atoms with van der Waals surface area (Å²) in [6, 6.07) is 8.58. The van der Waals surface area contributed by atoms with E-state index in [9.17, 15) is 9.59 Å². The average Bonchev–Trinajstić information content (AvgIpc) is 3.46. The highest BCUT2D eigenvalue weighted by Gasteiger charge is 2.48. The van der Waals surface area contributed by atoms with Gasteiger partial charge >= 0.3 is 0 Å². The number of alkyl halides is 1. The number of rotatable bonds is 7. The summed E-state index contributed by atoms with van der Waals surface area (Å²) in [6.07, 6.45) is 1.23. The molecule has 1 aliphatic carbocycles. The van der Waals surface area contributed by atoms with Crippen LogP contribution in [0.5, 0.6) is 11.5 Å². The van der Waals surface area contributed by atoms with Crippen molar-refractivity contribution in [3.8, 4) is 11.5 Å². The lowest BCUT2D eigenvalue weighted by molar-refractivity contribution is -0.116. The van der Waals surface area contributed by atoms with Gasteiger partial charge in [0.25, 0.3) is 5.91 Å². The van der Waals surface area contributed by atoms with Crippen molar-refractivity contribution in [1.82, 2.24) is 10.3 Å². The van der Waals surface area contributed by atoms with E-state index in [0.29, 0.717) is 34.6 Å². The molecule has 0 bridgehead atoms. The van der Waals surface area contributed by atoms with E-state index < -0.39 is 10.8 Å². The number of methoxy groups -OCH3 is 2. The molecule has 1 saturated carbocycles. The molecule has 1 aromatic carbocycles. The number of carbonyl (C=O) groups excluding carboxylic acids is 2. The highest BCUT2D eigenvalue weighted by atomic mass is 79.9. The van der Waals surface area contributed by atoms with Crippen molar-refractivity contribution in [3.05, 3.63) is 46.2 Å². The SMILES string of the molecule is COc1ccc(CNC(=O)c2nc(Br)ccc2NC(=O)C2(Cl)CC2)c(OC)c1. The lowest BCUT2D eigenvalue weighted by Gasteiger charge is -2.14. The van der Waals surface area contributed by atoms with Gasteiger partial charge in [-0.1, -0.05) is 0 Å². The van der Waals surface area contributed by atoms with Crippen molar-refractivity contribution >= 4 is 45.0 Å². The number of ether oxygens (including phenoxy) is 2. The monoisotopic (exact) mass is 467 g/mol. The number of benzene rings is 1. The predicted octanol–water partition coefficient (Wildman–Crippen LogP) is 3.50. The second kappa shape index (κ2) is 8.36. The number of aromatic nitrogens is 1. The third kappa shape index (κ3) is 4.56. The normalized spacial score (nSPS) is 14.1. The molecule has 3 rings (SSSR count). The quantitative estimate of drug-likeness (QED) is 0.479. The van der Waals surface area contributed by atoms with Crippen molar-refractivity contribution < 1.29 is 19.1 Å². The van der Waals surface area contributed by atoms with E-state index >= 15 is 0 Å². The van der Waals surface area contributed by atoms with Crippen molar-refractivity contribution in [2.75, 3.05) is 19.5 Å². The topological polar surface area (TPSA) is 89.5 Å². The van der Waals surface area contributed by atoms with Gasteiger partial charge in [-0.2, -0.15) is 0 Å². The van der Waals surface area contributed by atoms with E-state index in [-0.39, 0.29) is 18.1 Å². The Bertz CT molecular complexity index is 918. The molecule has 28 heavy (non-hydrogen) atoms. The number of hydrogen-bond donors (Lipinski definition) is 2. The number of anilines is 1. The fourth-order valence-electron chi connectivity index (χ4n) is 2.54. The van der Waals surface area contributed by atoms with Gasteiger partial charge in [0.2, 0.25) is 5.91 Å². The zero-order chi connectivity index (χ0) is 20.3. The summed E-state index contributed by atoms with van der Waals surface area (Å²) in [7, 11) is 3.11. The number of hydrogen-bond acceptors (Lipinski definition) is 5. The minimum Gasteiger partial charge on any atom is -0.497 e. The van der Waals surface area contributed by atoms with Crippen LogP contribution in [0.1, 0.15) is 28.9 Å². The highest BCUT2D eigenvalue weighted by molar-refractivity contribution is 9.10. The van der Waals surface area contributed by atoms with Crippen LogP contribution in [0.2, 0.25) is 0 Å². The van der Waals surface area contributed by atoms with E-state index in [2.05, 4.69) is 31.5 Å². The Morgan fingerprint density at radius 2 is 1.96 bits per heavy atom. The highest BCUT2D eigenvalue weighted by Crippen LogP contribution is 2.43. The zero-order valence-electron chi connectivity index (χ0n) is 15.3. The van der Waals surface area contributed by atoms with E-state index in [0.717, 1.165) is 5.56 Å². The molecule has 2 aromatic rings. The minimum atomic E-state index is -0.878. The molecule has 0 spiro atoms. The fraction of sp³-hybridized carbons (Fsp3) is 0.316. The molecule has 9 heteroatoms. The summed E-state index contributed by atoms with van der Waals surface area (Å²) in [6.45, 7) is 0.215. The lowest BCUT2D eigenvalue weighted by Crippen LogP contribution is -2.29. The summed E-state index contributed by atoms with van der Waals surface area (Å²) in [4.78, 5) is 28.3. The Morgan fingerprint density at radius 1 is 1.21 bits per heavy atom. The second-order valence-electron chi connectivity index (χ2n) is 6.31. The van der Waals surface area contributed by atoms with Crippen LogP contribution in [0.15, 0.2) is 34.9 Å². The largest absolute Gasteiger partial charge is 0.497 e. The van der Waals surface area contributed by atoms with Crippen molar-refractivity contribution in [3.63, 3.8) is 0 Å². The Hall–Kier alpha value is -2.32. The molecule has 1 fully saturated rings. The molecule has 0 unspecified atom stereocenters. The summed E-state index contributed by atoms with van der Waals surface area (Å²) in [5.41, 5.74) is 1.17.